The van der Waals surface area contributed by atoms with Gasteiger partial charge in [-0.15, -0.1) is 11.3 Å². The Labute approximate surface area is 183 Å². The smallest absolute Gasteiger partial charge is 0.267 e. The first-order chi connectivity index (χ1) is 14.6. The number of likely N-dealkylation sites (tertiary alicyclic amines) is 1. The molecule has 0 unspecified atom stereocenters. The average Bonchev–Trinajstić information content (AvgIpc) is 3.12. The first-order valence-electron chi connectivity index (χ1n) is 10.8. The lowest BCUT2D eigenvalue weighted by Crippen LogP contribution is -2.36. The minimum absolute atomic E-state index is 0.249. The van der Waals surface area contributed by atoms with Gasteiger partial charge in [-0.2, -0.15) is 0 Å². The van der Waals surface area contributed by atoms with Gasteiger partial charge in [0.15, 0.2) is 0 Å². The maximum atomic E-state index is 12.8. The number of benzene rings is 1. The second-order valence-corrected chi connectivity index (χ2v) is 8.69. The maximum Gasteiger partial charge on any atom is 0.267 e. The van der Waals surface area contributed by atoms with Crippen LogP contribution in [0.4, 0.5) is 0 Å². The molecule has 160 valence electrons. The SMILES string of the molecule is Cc1ccccc1C(=O)N/C(=C\c1cccs1)C(=O)NCCCN1CCCCCC1. The van der Waals surface area contributed by atoms with Crippen LogP contribution in [0.3, 0.4) is 0 Å². The molecule has 1 fully saturated rings. The second kappa shape index (κ2) is 11.7. The van der Waals surface area contributed by atoms with Gasteiger partial charge < -0.3 is 15.5 Å². The minimum Gasteiger partial charge on any atom is -0.351 e. The Hall–Kier alpha value is -2.44. The summed E-state index contributed by atoms with van der Waals surface area (Å²) in [6, 6.07) is 11.2. The molecular formula is C24H31N3O2S. The fourth-order valence-electron chi connectivity index (χ4n) is 3.65. The number of thiophene rings is 1. The summed E-state index contributed by atoms with van der Waals surface area (Å²) in [7, 11) is 0. The zero-order chi connectivity index (χ0) is 21.2. The van der Waals surface area contributed by atoms with Crippen LogP contribution >= 0.6 is 11.3 Å². The topological polar surface area (TPSA) is 61.4 Å². The largest absolute Gasteiger partial charge is 0.351 e. The fourth-order valence-corrected chi connectivity index (χ4v) is 4.31. The first-order valence-corrected chi connectivity index (χ1v) is 11.6. The van der Waals surface area contributed by atoms with E-state index in [1.165, 1.54) is 37.0 Å². The Morgan fingerprint density at radius 2 is 1.83 bits per heavy atom. The summed E-state index contributed by atoms with van der Waals surface area (Å²) in [5.74, 6) is -0.517. The summed E-state index contributed by atoms with van der Waals surface area (Å²) in [4.78, 5) is 29.0. The van der Waals surface area contributed by atoms with Crippen LogP contribution in [0.25, 0.3) is 6.08 Å². The van der Waals surface area contributed by atoms with Crippen molar-refractivity contribution in [2.45, 2.75) is 39.0 Å². The normalized spacial score (nSPS) is 15.4. The molecule has 1 aromatic heterocycles. The summed E-state index contributed by atoms with van der Waals surface area (Å²) >= 11 is 1.53. The highest BCUT2D eigenvalue weighted by atomic mass is 32.1. The highest BCUT2D eigenvalue weighted by Crippen LogP contribution is 2.14. The fraction of sp³-hybridized carbons (Fsp3) is 0.417. The molecular weight excluding hydrogens is 394 g/mol. The number of nitrogens with one attached hydrogen (secondary N) is 2. The molecule has 1 aromatic carbocycles. The summed E-state index contributed by atoms with van der Waals surface area (Å²) in [5, 5.41) is 7.75. The maximum absolute atomic E-state index is 12.8. The Morgan fingerprint density at radius 3 is 2.53 bits per heavy atom. The zero-order valence-corrected chi connectivity index (χ0v) is 18.5. The molecule has 1 aliphatic heterocycles. The van der Waals surface area contributed by atoms with Crippen LogP contribution in [0.5, 0.6) is 0 Å². The standard InChI is InChI=1S/C24H31N3O2S/c1-19-10-4-5-12-21(19)23(28)26-22(18-20-11-8-17-30-20)24(29)25-13-9-16-27-14-6-2-3-7-15-27/h4-5,8,10-12,17-18H,2-3,6-7,9,13-16H2,1H3,(H,25,29)(H,26,28)/b22-18-. The van der Waals surface area contributed by atoms with E-state index in [9.17, 15) is 9.59 Å². The predicted molar refractivity (Wildman–Crippen MR) is 123 cm³/mol. The molecule has 0 bridgehead atoms. The number of hydrogen-bond donors (Lipinski definition) is 2. The molecule has 2 amide bonds. The van der Waals surface area contributed by atoms with E-state index < -0.39 is 0 Å². The van der Waals surface area contributed by atoms with Gasteiger partial charge in [-0.1, -0.05) is 37.1 Å². The highest BCUT2D eigenvalue weighted by Gasteiger charge is 2.16. The van der Waals surface area contributed by atoms with Gasteiger partial charge in [0.1, 0.15) is 5.70 Å². The Kier molecular flexibility index (Phi) is 8.66. The molecule has 2 aromatic rings. The molecule has 0 saturated carbocycles. The van der Waals surface area contributed by atoms with Crippen LogP contribution in [-0.2, 0) is 4.79 Å². The van der Waals surface area contributed by atoms with Crippen molar-refractivity contribution in [2.75, 3.05) is 26.2 Å². The number of nitrogens with zero attached hydrogens (tertiary/aromatic N) is 1. The van der Waals surface area contributed by atoms with E-state index in [1.807, 2.05) is 42.6 Å². The van der Waals surface area contributed by atoms with Crippen molar-refractivity contribution in [3.63, 3.8) is 0 Å². The van der Waals surface area contributed by atoms with E-state index in [0.29, 0.717) is 12.1 Å². The van der Waals surface area contributed by atoms with Crippen LogP contribution in [-0.4, -0.2) is 42.9 Å². The van der Waals surface area contributed by atoms with Crippen molar-refractivity contribution in [2.24, 2.45) is 0 Å². The third-order valence-corrected chi connectivity index (χ3v) is 6.17. The van der Waals surface area contributed by atoms with Crippen LogP contribution in [0.2, 0.25) is 0 Å². The highest BCUT2D eigenvalue weighted by molar-refractivity contribution is 7.10. The van der Waals surface area contributed by atoms with Crippen molar-refractivity contribution in [3.05, 3.63) is 63.5 Å². The Balaban J connectivity index is 1.58. The Bertz CT molecular complexity index is 853. The van der Waals surface area contributed by atoms with E-state index in [4.69, 9.17) is 0 Å². The van der Waals surface area contributed by atoms with E-state index >= 15 is 0 Å². The monoisotopic (exact) mass is 425 g/mol. The molecule has 6 heteroatoms. The molecule has 2 heterocycles. The van der Waals surface area contributed by atoms with Gasteiger partial charge in [0, 0.05) is 17.0 Å². The van der Waals surface area contributed by atoms with Crippen LogP contribution in [0, 0.1) is 6.92 Å². The summed E-state index contributed by atoms with van der Waals surface area (Å²) in [6.45, 7) is 5.80. The van der Waals surface area contributed by atoms with Crippen LogP contribution in [0.1, 0.15) is 52.9 Å². The molecule has 1 saturated heterocycles. The van der Waals surface area contributed by atoms with Gasteiger partial charge in [0.05, 0.1) is 0 Å². The molecule has 30 heavy (non-hydrogen) atoms. The molecule has 1 aliphatic rings. The van der Waals surface area contributed by atoms with Crippen molar-refractivity contribution in [1.29, 1.82) is 0 Å². The van der Waals surface area contributed by atoms with Crippen LogP contribution < -0.4 is 10.6 Å². The van der Waals surface area contributed by atoms with Crippen LogP contribution in [0.15, 0.2) is 47.5 Å². The molecule has 2 N–H and O–H groups in total. The van der Waals surface area contributed by atoms with Gasteiger partial charge >= 0.3 is 0 Å². The lowest BCUT2D eigenvalue weighted by Gasteiger charge is -2.19. The van der Waals surface area contributed by atoms with E-state index in [2.05, 4.69) is 15.5 Å². The summed E-state index contributed by atoms with van der Waals surface area (Å²) < 4.78 is 0. The average molecular weight is 426 g/mol. The second-order valence-electron chi connectivity index (χ2n) is 7.71. The van der Waals surface area contributed by atoms with Crippen molar-refractivity contribution >= 4 is 29.2 Å². The molecule has 0 atom stereocenters. The molecule has 5 nitrogen and oxygen atoms in total. The molecule has 0 spiro atoms. The lowest BCUT2D eigenvalue weighted by molar-refractivity contribution is -0.117. The Morgan fingerprint density at radius 1 is 1.07 bits per heavy atom. The van der Waals surface area contributed by atoms with E-state index in [1.54, 1.807) is 12.1 Å². The molecule has 3 rings (SSSR count). The lowest BCUT2D eigenvalue weighted by atomic mass is 10.1. The van der Waals surface area contributed by atoms with Gasteiger partial charge in [-0.05, 0) is 75.0 Å². The quantitative estimate of drug-likeness (QED) is 0.492. The predicted octanol–water partition coefficient (Wildman–Crippen LogP) is 4.21. The van der Waals surface area contributed by atoms with Gasteiger partial charge in [0.2, 0.25) is 0 Å². The number of carbonyl (C=O) groups is 2. The minimum atomic E-state index is -0.268. The first kappa shape index (κ1) is 22.2. The van der Waals surface area contributed by atoms with Gasteiger partial charge in [-0.25, -0.2) is 0 Å². The number of hydrogen-bond acceptors (Lipinski definition) is 4. The van der Waals surface area contributed by atoms with Crippen molar-refractivity contribution in [3.8, 4) is 0 Å². The third-order valence-electron chi connectivity index (χ3n) is 5.35. The van der Waals surface area contributed by atoms with Crippen molar-refractivity contribution < 1.29 is 9.59 Å². The number of rotatable bonds is 8. The third kappa shape index (κ3) is 6.82. The van der Waals surface area contributed by atoms with E-state index in [-0.39, 0.29) is 17.5 Å². The molecule has 0 radical (unpaired) electrons. The number of amides is 2. The number of aryl methyl sites for hydroxylation is 1. The summed E-state index contributed by atoms with van der Waals surface area (Å²) in [5.41, 5.74) is 1.73. The number of carbonyl (C=O) groups excluding carboxylic acids is 2. The van der Waals surface area contributed by atoms with Crippen molar-refractivity contribution in [1.82, 2.24) is 15.5 Å². The van der Waals surface area contributed by atoms with E-state index in [0.717, 1.165) is 36.5 Å². The molecule has 0 aliphatic carbocycles. The zero-order valence-electron chi connectivity index (χ0n) is 17.7. The summed E-state index contributed by atoms with van der Waals surface area (Å²) in [6.07, 6.45) is 7.83. The van der Waals surface area contributed by atoms with Gasteiger partial charge in [-0.3, -0.25) is 9.59 Å². The van der Waals surface area contributed by atoms with Gasteiger partial charge in [0.25, 0.3) is 11.8 Å².